The van der Waals surface area contributed by atoms with Crippen LogP contribution in [-0.2, 0) is 27.9 Å². The predicted molar refractivity (Wildman–Crippen MR) is 156 cm³/mol. The van der Waals surface area contributed by atoms with Gasteiger partial charge >= 0.3 is 0 Å². The molecule has 4 aromatic rings. The van der Waals surface area contributed by atoms with Gasteiger partial charge < -0.3 is 21.2 Å². The van der Waals surface area contributed by atoms with Crippen LogP contribution >= 0.6 is 0 Å². The number of para-hydroxylation sites is 1. The number of nitrogens with two attached hydrogens (primary N) is 2. The molecule has 0 spiro atoms. The molecule has 0 aliphatic carbocycles. The number of methoxy groups -OCH3 is 1. The number of benzene rings is 4. The number of anilines is 1. The van der Waals surface area contributed by atoms with Crippen molar-refractivity contribution in [3.63, 3.8) is 0 Å². The van der Waals surface area contributed by atoms with Gasteiger partial charge in [0.2, 0.25) is 15.9 Å². The lowest BCUT2D eigenvalue weighted by atomic mass is 10.1. The monoisotopic (exact) mass is 557 g/mol. The molecule has 0 bridgehead atoms. The maximum atomic E-state index is 14.2. The van der Waals surface area contributed by atoms with Crippen LogP contribution in [0, 0.1) is 0 Å². The molecule has 0 unspecified atom stereocenters. The minimum atomic E-state index is -4.10. The number of hydrogen-bond acceptors (Lipinski definition) is 7. The number of ether oxygens (including phenoxy) is 1. The van der Waals surface area contributed by atoms with Gasteiger partial charge in [-0.3, -0.25) is 4.79 Å². The number of hydrogen-bond donors (Lipinski definition) is 2. The second-order valence-corrected chi connectivity index (χ2v) is 11.6. The number of rotatable bonds is 9. The van der Waals surface area contributed by atoms with E-state index in [-0.39, 0.29) is 17.3 Å². The maximum Gasteiger partial charge on any atom is 0.244 e. The smallest absolute Gasteiger partial charge is 0.244 e. The van der Waals surface area contributed by atoms with Crippen LogP contribution in [0.15, 0.2) is 94.9 Å². The topological polar surface area (TPSA) is 131 Å². The Morgan fingerprint density at radius 3 is 2.60 bits per heavy atom. The van der Waals surface area contributed by atoms with E-state index in [1.807, 2.05) is 36.4 Å². The molecule has 4 N–H and O–H groups in total. The standard InChI is InChI=1S/C30H31N5O4S/c1-39-26-11-9-23-10-12-27(17-25(23)16-26)40(37,38)35(20-24-7-2-3-8-28(24)31)29-13-14-34(30(29)36)19-22-6-4-5-21(15-22)18-33-32/h2-12,15-18,29H,13-14,19-20,31-32H2,1H3/t29-/m0/s1. The van der Waals surface area contributed by atoms with Gasteiger partial charge in [0.1, 0.15) is 11.8 Å². The van der Waals surface area contributed by atoms with Crippen molar-refractivity contribution in [2.75, 3.05) is 19.4 Å². The average Bonchev–Trinajstić information content (AvgIpc) is 3.31. The molecule has 1 atom stereocenters. The molecule has 1 fully saturated rings. The van der Waals surface area contributed by atoms with Crippen molar-refractivity contribution >= 4 is 38.6 Å². The molecule has 9 nitrogen and oxygen atoms in total. The number of nitrogen functional groups attached to an aromatic ring is 1. The molecule has 0 aromatic heterocycles. The van der Waals surface area contributed by atoms with Crippen molar-refractivity contribution in [3.8, 4) is 5.75 Å². The SMILES string of the molecule is COc1ccc2ccc(S(=O)(=O)N(Cc3ccccc3N)[C@H]3CCN(Cc4cccc(C=NN)c4)C3=O)cc2c1. The minimum Gasteiger partial charge on any atom is -0.497 e. The van der Waals surface area contributed by atoms with Crippen molar-refractivity contribution in [2.45, 2.75) is 30.4 Å². The highest BCUT2D eigenvalue weighted by molar-refractivity contribution is 7.89. The molecule has 1 amide bonds. The zero-order chi connectivity index (χ0) is 28.3. The lowest BCUT2D eigenvalue weighted by Crippen LogP contribution is -2.44. The zero-order valence-electron chi connectivity index (χ0n) is 22.1. The zero-order valence-corrected chi connectivity index (χ0v) is 22.9. The van der Waals surface area contributed by atoms with Gasteiger partial charge in [0.15, 0.2) is 0 Å². The molecule has 1 heterocycles. The van der Waals surface area contributed by atoms with Crippen LogP contribution in [0.4, 0.5) is 5.69 Å². The quantitative estimate of drug-likeness (QED) is 0.140. The van der Waals surface area contributed by atoms with E-state index in [9.17, 15) is 13.2 Å². The molecule has 40 heavy (non-hydrogen) atoms. The number of sulfonamides is 1. The Morgan fingerprint density at radius 1 is 1.02 bits per heavy atom. The maximum absolute atomic E-state index is 14.2. The number of carbonyl (C=O) groups is 1. The van der Waals surface area contributed by atoms with Crippen molar-refractivity contribution in [1.82, 2.24) is 9.21 Å². The number of carbonyl (C=O) groups excluding carboxylic acids is 1. The molecule has 1 saturated heterocycles. The van der Waals surface area contributed by atoms with Gasteiger partial charge in [-0.25, -0.2) is 8.42 Å². The summed E-state index contributed by atoms with van der Waals surface area (Å²) in [5.74, 6) is 5.66. The Bertz CT molecular complexity index is 1690. The van der Waals surface area contributed by atoms with E-state index >= 15 is 0 Å². The third kappa shape index (κ3) is 5.49. The Labute approximate surface area is 233 Å². The summed E-state index contributed by atoms with van der Waals surface area (Å²) in [7, 11) is -2.53. The number of hydrazone groups is 1. The lowest BCUT2D eigenvalue weighted by Gasteiger charge is -2.28. The van der Waals surface area contributed by atoms with Gasteiger partial charge in [-0.05, 0) is 70.3 Å². The first-order valence-electron chi connectivity index (χ1n) is 12.8. The van der Waals surface area contributed by atoms with Crippen LogP contribution in [0.25, 0.3) is 10.8 Å². The minimum absolute atomic E-state index is 0.0299. The summed E-state index contributed by atoms with van der Waals surface area (Å²) >= 11 is 0. The fourth-order valence-corrected chi connectivity index (χ4v) is 6.69. The number of nitrogens with zero attached hydrogens (tertiary/aromatic N) is 3. The van der Waals surface area contributed by atoms with E-state index in [4.69, 9.17) is 16.3 Å². The predicted octanol–water partition coefficient (Wildman–Crippen LogP) is 3.72. The summed E-state index contributed by atoms with van der Waals surface area (Å²) in [5.41, 5.74) is 9.02. The summed E-state index contributed by atoms with van der Waals surface area (Å²) < 4.78 is 35.1. The highest BCUT2D eigenvalue weighted by Gasteiger charge is 2.42. The third-order valence-electron chi connectivity index (χ3n) is 7.17. The lowest BCUT2D eigenvalue weighted by molar-refractivity contribution is -0.131. The van der Waals surface area contributed by atoms with Crippen LogP contribution in [0.3, 0.4) is 0 Å². The first-order valence-corrected chi connectivity index (χ1v) is 14.3. The molecule has 1 aliphatic rings. The number of amides is 1. The molecule has 4 aromatic carbocycles. The highest BCUT2D eigenvalue weighted by Crippen LogP contribution is 2.31. The number of fused-ring (bicyclic) bond motifs is 1. The fourth-order valence-electron chi connectivity index (χ4n) is 5.06. The van der Waals surface area contributed by atoms with Crippen LogP contribution in [-0.4, -0.2) is 49.4 Å². The Balaban J connectivity index is 1.50. The molecular weight excluding hydrogens is 526 g/mol. The van der Waals surface area contributed by atoms with E-state index in [0.717, 1.165) is 21.9 Å². The molecule has 206 valence electrons. The van der Waals surface area contributed by atoms with E-state index in [0.29, 0.717) is 36.5 Å². The van der Waals surface area contributed by atoms with Crippen molar-refractivity contribution in [1.29, 1.82) is 0 Å². The van der Waals surface area contributed by atoms with Crippen LogP contribution in [0.5, 0.6) is 5.75 Å². The Kier molecular flexibility index (Phi) is 7.72. The summed E-state index contributed by atoms with van der Waals surface area (Å²) in [6.45, 7) is 0.737. The number of likely N-dealkylation sites (tertiary alicyclic amines) is 1. The highest BCUT2D eigenvalue weighted by atomic mass is 32.2. The van der Waals surface area contributed by atoms with E-state index in [2.05, 4.69) is 5.10 Å². The van der Waals surface area contributed by atoms with Gasteiger partial charge in [-0.1, -0.05) is 48.5 Å². The molecule has 10 heteroatoms. The molecule has 0 saturated carbocycles. The van der Waals surface area contributed by atoms with E-state index in [1.54, 1.807) is 60.5 Å². The van der Waals surface area contributed by atoms with Gasteiger partial charge in [-0.15, -0.1) is 0 Å². The molecule has 5 rings (SSSR count). The normalized spacial score (nSPS) is 15.9. The van der Waals surface area contributed by atoms with Crippen molar-refractivity contribution < 1.29 is 17.9 Å². The largest absolute Gasteiger partial charge is 0.497 e. The van der Waals surface area contributed by atoms with Crippen LogP contribution in [0.2, 0.25) is 0 Å². The Hall–Kier alpha value is -4.41. The van der Waals surface area contributed by atoms with Gasteiger partial charge in [-0.2, -0.15) is 9.41 Å². The second-order valence-electron chi connectivity index (χ2n) is 9.71. The summed E-state index contributed by atoms with van der Waals surface area (Å²) in [5, 5.41) is 5.16. The summed E-state index contributed by atoms with van der Waals surface area (Å²) in [4.78, 5) is 15.5. The molecule has 0 radical (unpaired) electrons. The van der Waals surface area contributed by atoms with Gasteiger partial charge in [0.25, 0.3) is 0 Å². The molecule has 1 aliphatic heterocycles. The van der Waals surface area contributed by atoms with Crippen molar-refractivity contribution in [3.05, 3.63) is 102 Å². The van der Waals surface area contributed by atoms with Crippen LogP contribution in [0.1, 0.15) is 23.1 Å². The average molecular weight is 558 g/mol. The summed E-state index contributed by atoms with van der Waals surface area (Å²) in [6.07, 6.45) is 1.89. The van der Waals surface area contributed by atoms with E-state index in [1.165, 1.54) is 10.5 Å². The first-order chi connectivity index (χ1) is 19.3. The fraction of sp³-hybridized carbons (Fsp3) is 0.200. The molecular formula is C30H31N5O4S. The third-order valence-corrected chi connectivity index (χ3v) is 9.02. The van der Waals surface area contributed by atoms with Gasteiger partial charge in [0.05, 0.1) is 18.2 Å². The van der Waals surface area contributed by atoms with Crippen molar-refractivity contribution in [2.24, 2.45) is 10.9 Å². The first kappa shape index (κ1) is 27.2. The second kappa shape index (κ2) is 11.4. The van der Waals surface area contributed by atoms with Gasteiger partial charge in [0, 0.05) is 25.3 Å². The Morgan fingerprint density at radius 2 is 1.82 bits per heavy atom. The van der Waals surface area contributed by atoms with E-state index < -0.39 is 16.1 Å². The summed E-state index contributed by atoms with van der Waals surface area (Å²) in [6, 6.07) is 24.2. The van der Waals surface area contributed by atoms with Crippen LogP contribution < -0.4 is 16.3 Å².